The van der Waals surface area contributed by atoms with E-state index in [-0.39, 0.29) is 18.3 Å². The summed E-state index contributed by atoms with van der Waals surface area (Å²) >= 11 is 0. The lowest BCUT2D eigenvalue weighted by atomic mass is 9.94. The van der Waals surface area contributed by atoms with Crippen LogP contribution in [-0.2, 0) is 6.54 Å². The van der Waals surface area contributed by atoms with Gasteiger partial charge in [-0.1, -0.05) is 49.1 Å². The van der Waals surface area contributed by atoms with Gasteiger partial charge in [-0.25, -0.2) is 4.79 Å². The van der Waals surface area contributed by atoms with Crippen LogP contribution in [0.3, 0.4) is 0 Å². The molecule has 34 heavy (non-hydrogen) atoms. The zero-order chi connectivity index (χ0) is 24.2. The Bertz CT molecular complexity index is 1270. The SMILES string of the molecule is COc1ccc(-n2nc(C(=O)N(C)C3CCCCC3)c(=O)n(Cc3ccc(C)cc3)c2=O)cc1. The number of carbonyl (C=O) groups is 1. The number of hydrogen-bond acceptors (Lipinski definition) is 5. The largest absolute Gasteiger partial charge is 0.497 e. The van der Waals surface area contributed by atoms with E-state index in [4.69, 9.17) is 4.74 Å². The minimum atomic E-state index is -0.678. The molecule has 0 spiro atoms. The number of methoxy groups -OCH3 is 1. The number of rotatable bonds is 6. The van der Waals surface area contributed by atoms with E-state index >= 15 is 0 Å². The highest BCUT2D eigenvalue weighted by molar-refractivity contribution is 5.91. The van der Waals surface area contributed by atoms with Crippen LogP contribution in [0.5, 0.6) is 5.75 Å². The maximum atomic E-state index is 13.4. The maximum Gasteiger partial charge on any atom is 0.352 e. The summed E-state index contributed by atoms with van der Waals surface area (Å²) in [6, 6.07) is 14.4. The summed E-state index contributed by atoms with van der Waals surface area (Å²) < 4.78 is 7.41. The number of aryl methyl sites for hydroxylation is 1. The lowest BCUT2D eigenvalue weighted by molar-refractivity contribution is 0.0684. The average Bonchev–Trinajstić information content (AvgIpc) is 2.87. The smallest absolute Gasteiger partial charge is 0.352 e. The number of nitrogens with zero attached hydrogens (tertiary/aromatic N) is 4. The van der Waals surface area contributed by atoms with Gasteiger partial charge in [0.15, 0.2) is 0 Å². The predicted octanol–water partition coefficient (Wildman–Crippen LogP) is 3.16. The Hall–Kier alpha value is -3.68. The van der Waals surface area contributed by atoms with Gasteiger partial charge < -0.3 is 9.64 Å². The number of hydrogen-bond donors (Lipinski definition) is 0. The summed E-state index contributed by atoms with van der Waals surface area (Å²) in [5.41, 5.74) is 0.770. The quantitative estimate of drug-likeness (QED) is 0.562. The summed E-state index contributed by atoms with van der Waals surface area (Å²) in [7, 11) is 3.27. The number of amides is 1. The fourth-order valence-corrected chi connectivity index (χ4v) is 4.36. The molecule has 1 aromatic heterocycles. The summed E-state index contributed by atoms with van der Waals surface area (Å²) in [5, 5.41) is 4.27. The van der Waals surface area contributed by atoms with E-state index in [0.29, 0.717) is 11.4 Å². The van der Waals surface area contributed by atoms with Crippen molar-refractivity contribution in [2.45, 2.75) is 51.6 Å². The molecule has 0 aliphatic heterocycles. The Morgan fingerprint density at radius 1 is 1.03 bits per heavy atom. The molecule has 8 heteroatoms. The molecule has 8 nitrogen and oxygen atoms in total. The normalized spacial score (nSPS) is 14.1. The van der Waals surface area contributed by atoms with Crippen molar-refractivity contribution in [3.05, 3.63) is 86.2 Å². The number of carbonyl (C=O) groups excluding carboxylic acids is 1. The van der Waals surface area contributed by atoms with Crippen LogP contribution in [0, 0.1) is 6.92 Å². The standard InChI is InChI=1S/C26H30N4O4/c1-18-9-11-19(12-10-18)17-29-25(32)23(24(31)28(2)20-7-5-4-6-8-20)27-30(26(29)33)21-13-15-22(34-3)16-14-21/h9-16,20H,4-8,17H2,1-3H3. The summed E-state index contributed by atoms with van der Waals surface area (Å²) in [6.45, 7) is 2.01. The lowest BCUT2D eigenvalue weighted by Crippen LogP contribution is -2.48. The first kappa shape index (κ1) is 23.5. The Morgan fingerprint density at radius 2 is 1.68 bits per heavy atom. The van der Waals surface area contributed by atoms with E-state index in [1.54, 1.807) is 43.3 Å². The van der Waals surface area contributed by atoms with Gasteiger partial charge in [-0.15, -0.1) is 0 Å². The van der Waals surface area contributed by atoms with Crippen molar-refractivity contribution in [2.24, 2.45) is 0 Å². The molecule has 2 aromatic carbocycles. The van der Waals surface area contributed by atoms with E-state index < -0.39 is 17.2 Å². The van der Waals surface area contributed by atoms with Crippen molar-refractivity contribution in [3.63, 3.8) is 0 Å². The Kier molecular flexibility index (Phi) is 6.95. The first-order chi connectivity index (χ1) is 16.4. The van der Waals surface area contributed by atoms with Gasteiger partial charge in [-0.2, -0.15) is 9.78 Å². The fourth-order valence-electron chi connectivity index (χ4n) is 4.36. The first-order valence-electron chi connectivity index (χ1n) is 11.6. The third-order valence-electron chi connectivity index (χ3n) is 6.48. The molecule has 0 atom stereocenters. The zero-order valence-electron chi connectivity index (χ0n) is 19.9. The number of aromatic nitrogens is 3. The third-order valence-corrected chi connectivity index (χ3v) is 6.48. The van der Waals surface area contributed by atoms with Gasteiger partial charge in [0.25, 0.3) is 11.5 Å². The molecule has 1 saturated carbocycles. The molecule has 178 valence electrons. The van der Waals surface area contributed by atoms with Crippen LogP contribution in [0.25, 0.3) is 5.69 Å². The Morgan fingerprint density at radius 3 is 2.29 bits per heavy atom. The molecule has 1 aliphatic rings. The zero-order valence-corrected chi connectivity index (χ0v) is 19.9. The lowest BCUT2D eigenvalue weighted by Gasteiger charge is -2.30. The van der Waals surface area contributed by atoms with Gasteiger partial charge in [0.1, 0.15) is 5.75 Å². The molecular weight excluding hydrogens is 432 g/mol. The van der Waals surface area contributed by atoms with Gasteiger partial charge in [0, 0.05) is 13.1 Å². The second-order valence-corrected chi connectivity index (χ2v) is 8.83. The number of ether oxygens (including phenoxy) is 1. The van der Waals surface area contributed by atoms with Crippen LogP contribution in [-0.4, -0.2) is 45.4 Å². The Labute approximate surface area is 198 Å². The molecule has 1 aliphatic carbocycles. The second kappa shape index (κ2) is 10.1. The van der Waals surface area contributed by atoms with Crippen LogP contribution >= 0.6 is 0 Å². The molecule has 1 amide bonds. The van der Waals surface area contributed by atoms with Crippen molar-refractivity contribution in [2.75, 3.05) is 14.2 Å². The highest BCUT2D eigenvalue weighted by Gasteiger charge is 2.28. The molecule has 0 bridgehead atoms. The van der Waals surface area contributed by atoms with Crippen LogP contribution in [0.4, 0.5) is 0 Å². The van der Waals surface area contributed by atoms with Crippen LogP contribution in [0.15, 0.2) is 58.1 Å². The van der Waals surface area contributed by atoms with E-state index in [1.807, 2.05) is 31.2 Å². The highest BCUT2D eigenvalue weighted by atomic mass is 16.5. The van der Waals surface area contributed by atoms with Gasteiger partial charge in [0.05, 0.1) is 19.3 Å². The fraction of sp³-hybridized carbons (Fsp3) is 0.385. The molecule has 4 rings (SSSR count). The summed E-state index contributed by atoms with van der Waals surface area (Å²) in [5.74, 6) is 0.162. The molecule has 0 saturated heterocycles. The highest BCUT2D eigenvalue weighted by Crippen LogP contribution is 2.22. The molecule has 0 unspecified atom stereocenters. The first-order valence-corrected chi connectivity index (χ1v) is 11.6. The predicted molar refractivity (Wildman–Crippen MR) is 130 cm³/mol. The van der Waals surface area contributed by atoms with E-state index in [2.05, 4.69) is 5.10 Å². The van der Waals surface area contributed by atoms with E-state index in [9.17, 15) is 14.4 Å². The summed E-state index contributed by atoms with van der Waals surface area (Å²) in [4.78, 5) is 41.8. The van der Waals surface area contributed by atoms with Crippen molar-refractivity contribution in [1.82, 2.24) is 19.2 Å². The number of benzene rings is 2. The van der Waals surface area contributed by atoms with Crippen LogP contribution in [0.2, 0.25) is 0 Å². The maximum absolute atomic E-state index is 13.4. The molecule has 1 fully saturated rings. The summed E-state index contributed by atoms with van der Waals surface area (Å²) in [6.07, 6.45) is 5.07. The van der Waals surface area contributed by atoms with E-state index in [0.717, 1.165) is 52.5 Å². The van der Waals surface area contributed by atoms with Gasteiger partial charge in [0.2, 0.25) is 5.69 Å². The van der Waals surface area contributed by atoms with Crippen molar-refractivity contribution in [3.8, 4) is 11.4 Å². The minimum Gasteiger partial charge on any atom is -0.497 e. The molecule has 0 N–H and O–H groups in total. The molecule has 1 heterocycles. The van der Waals surface area contributed by atoms with Gasteiger partial charge >= 0.3 is 5.69 Å². The molecular formula is C26H30N4O4. The topological polar surface area (TPSA) is 86.4 Å². The Balaban J connectivity index is 1.82. The van der Waals surface area contributed by atoms with E-state index in [1.165, 1.54) is 0 Å². The second-order valence-electron chi connectivity index (χ2n) is 8.83. The monoisotopic (exact) mass is 462 g/mol. The minimum absolute atomic E-state index is 0.0457. The van der Waals surface area contributed by atoms with Crippen LogP contribution < -0.4 is 16.0 Å². The third kappa shape index (κ3) is 4.81. The molecule has 3 aromatic rings. The van der Waals surface area contributed by atoms with Gasteiger partial charge in [-0.3, -0.25) is 14.2 Å². The van der Waals surface area contributed by atoms with Gasteiger partial charge in [-0.05, 0) is 49.6 Å². The van der Waals surface area contributed by atoms with Crippen LogP contribution in [0.1, 0.15) is 53.7 Å². The molecule has 0 radical (unpaired) electrons. The van der Waals surface area contributed by atoms with Crippen molar-refractivity contribution >= 4 is 5.91 Å². The average molecular weight is 463 g/mol. The van der Waals surface area contributed by atoms with Crippen molar-refractivity contribution < 1.29 is 9.53 Å². The van der Waals surface area contributed by atoms with Crippen molar-refractivity contribution in [1.29, 1.82) is 0 Å².